The Hall–Kier alpha value is -2.80. The normalized spacial score (nSPS) is 12.6. The summed E-state index contributed by atoms with van der Waals surface area (Å²) in [5, 5.41) is 7.92. The number of nitrogens with one attached hydrogen (secondary N) is 1. The van der Waals surface area contributed by atoms with Crippen LogP contribution >= 0.6 is 0 Å². The van der Waals surface area contributed by atoms with E-state index in [9.17, 15) is 0 Å². The van der Waals surface area contributed by atoms with Gasteiger partial charge in [-0.15, -0.1) is 0 Å². The van der Waals surface area contributed by atoms with Crippen molar-refractivity contribution in [2.75, 3.05) is 0 Å². The molecule has 0 spiro atoms. The van der Waals surface area contributed by atoms with Gasteiger partial charge in [-0.05, 0) is 44.7 Å². The molecule has 0 aliphatic heterocycles. The van der Waals surface area contributed by atoms with Gasteiger partial charge in [-0.2, -0.15) is 0 Å². The highest BCUT2D eigenvalue weighted by atomic mass is 14.7. The second kappa shape index (κ2) is 4.86. The highest BCUT2D eigenvalue weighted by molar-refractivity contribution is 6.27. The Morgan fingerprint density at radius 1 is 0.640 bits per heavy atom. The van der Waals surface area contributed by atoms with E-state index in [0.29, 0.717) is 0 Å². The van der Waals surface area contributed by atoms with Crippen LogP contribution in [-0.4, -0.2) is 4.98 Å². The third-order valence-electron chi connectivity index (χ3n) is 5.33. The lowest BCUT2D eigenvalue weighted by Crippen LogP contribution is -2.10. The maximum absolute atomic E-state index is 3.61. The molecule has 5 aromatic rings. The summed E-state index contributed by atoms with van der Waals surface area (Å²) in [6.45, 7) is 6.81. The second-order valence-electron chi connectivity index (χ2n) is 8.01. The number of aromatic nitrogens is 1. The number of fused-ring (bicyclic) bond motifs is 7. The Balaban J connectivity index is 1.98. The summed E-state index contributed by atoms with van der Waals surface area (Å²) in [7, 11) is 0. The van der Waals surface area contributed by atoms with Gasteiger partial charge in [0.15, 0.2) is 0 Å². The zero-order valence-corrected chi connectivity index (χ0v) is 14.9. The van der Waals surface area contributed by atoms with Gasteiger partial charge < -0.3 is 4.98 Å². The van der Waals surface area contributed by atoms with Gasteiger partial charge in [0.25, 0.3) is 0 Å². The minimum atomic E-state index is 0.163. The summed E-state index contributed by atoms with van der Waals surface area (Å²) in [6.07, 6.45) is 0. The third kappa shape index (κ3) is 2.09. The largest absolute Gasteiger partial charge is 0.354 e. The summed E-state index contributed by atoms with van der Waals surface area (Å²) in [5.74, 6) is 0. The van der Waals surface area contributed by atoms with Crippen molar-refractivity contribution in [3.05, 3.63) is 72.3 Å². The van der Waals surface area contributed by atoms with E-state index in [2.05, 4.69) is 92.5 Å². The maximum Gasteiger partial charge on any atom is 0.0471 e. The molecular formula is C24H21N. The Bertz CT molecular complexity index is 1270. The molecule has 0 amide bonds. The molecular weight excluding hydrogens is 302 g/mol. The molecule has 0 bridgehead atoms. The van der Waals surface area contributed by atoms with Crippen LogP contribution in [0.4, 0.5) is 0 Å². The lowest BCUT2D eigenvalue weighted by Gasteiger charge is -2.19. The van der Waals surface area contributed by atoms with Gasteiger partial charge in [-0.1, -0.05) is 75.4 Å². The van der Waals surface area contributed by atoms with Crippen molar-refractivity contribution in [2.24, 2.45) is 0 Å². The number of benzene rings is 4. The molecule has 0 unspecified atom stereocenters. The van der Waals surface area contributed by atoms with Crippen molar-refractivity contribution in [3.8, 4) is 0 Å². The average molecular weight is 323 g/mol. The van der Waals surface area contributed by atoms with Gasteiger partial charge >= 0.3 is 0 Å². The lowest BCUT2D eigenvalue weighted by atomic mass is 9.85. The maximum atomic E-state index is 3.61. The molecule has 0 fully saturated rings. The van der Waals surface area contributed by atoms with E-state index < -0.39 is 0 Å². The minimum absolute atomic E-state index is 0.163. The van der Waals surface area contributed by atoms with E-state index in [0.717, 1.165) is 0 Å². The summed E-state index contributed by atoms with van der Waals surface area (Å²) < 4.78 is 0. The average Bonchev–Trinajstić information content (AvgIpc) is 3.00. The van der Waals surface area contributed by atoms with E-state index in [4.69, 9.17) is 0 Å². The molecule has 122 valence electrons. The van der Waals surface area contributed by atoms with Gasteiger partial charge in [0.05, 0.1) is 0 Å². The number of hydrogen-bond acceptors (Lipinski definition) is 0. The van der Waals surface area contributed by atoms with Crippen LogP contribution in [-0.2, 0) is 5.41 Å². The van der Waals surface area contributed by atoms with Crippen molar-refractivity contribution < 1.29 is 0 Å². The first-order valence-electron chi connectivity index (χ1n) is 8.89. The Morgan fingerprint density at radius 2 is 1.28 bits per heavy atom. The van der Waals surface area contributed by atoms with Crippen LogP contribution in [0.1, 0.15) is 26.3 Å². The lowest BCUT2D eigenvalue weighted by molar-refractivity contribution is 0.591. The summed E-state index contributed by atoms with van der Waals surface area (Å²) in [6, 6.07) is 24.4. The molecule has 1 nitrogen and oxygen atoms in total. The first-order valence-corrected chi connectivity index (χ1v) is 8.89. The standard InChI is InChI=1S/C24H21N/c1-24(2,3)17-10-11-19-16(14-17)9-13-21-23(19)22-18-7-5-4-6-15(18)8-12-20(22)25-21/h4-14,25H,1-3H3. The quantitative estimate of drug-likeness (QED) is 0.318. The van der Waals surface area contributed by atoms with E-state index >= 15 is 0 Å². The molecule has 0 aliphatic rings. The van der Waals surface area contributed by atoms with E-state index in [1.165, 1.54) is 48.9 Å². The van der Waals surface area contributed by atoms with Crippen LogP contribution in [0.5, 0.6) is 0 Å². The molecule has 0 aliphatic carbocycles. The topological polar surface area (TPSA) is 15.8 Å². The number of H-pyrrole nitrogens is 1. The Labute approximate surface area is 147 Å². The van der Waals surface area contributed by atoms with Crippen molar-refractivity contribution >= 4 is 43.4 Å². The van der Waals surface area contributed by atoms with Crippen LogP contribution in [0.3, 0.4) is 0 Å². The first-order chi connectivity index (χ1) is 12.0. The fourth-order valence-electron chi connectivity index (χ4n) is 3.96. The second-order valence-corrected chi connectivity index (χ2v) is 8.01. The number of aromatic amines is 1. The van der Waals surface area contributed by atoms with E-state index in [1.807, 2.05) is 0 Å². The van der Waals surface area contributed by atoms with Gasteiger partial charge in [0.2, 0.25) is 0 Å². The van der Waals surface area contributed by atoms with Crippen molar-refractivity contribution in [1.29, 1.82) is 0 Å². The SMILES string of the molecule is CC(C)(C)c1ccc2c(ccc3[nH]c4ccc5ccccc5c4c32)c1. The fraction of sp³-hybridized carbons (Fsp3) is 0.167. The molecule has 1 aromatic heterocycles. The fourth-order valence-corrected chi connectivity index (χ4v) is 3.96. The summed E-state index contributed by atoms with van der Waals surface area (Å²) in [4.78, 5) is 3.61. The van der Waals surface area contributed by atoms with E-state index in [1.54, 1.807) is 0 Å². The Kier molecular flexibility index (Phi) is 2.82. The zero-order valence-electron chi connectivity index (χ0n) is 14.9. The monoisotopic (exact) mass is 323 g/mol. The van der Waals surface area contributed by atoms with Crippen molar-refractivity contribution in [3.63, 3.8) is 0 Å². The van der Waals surface area contributed by atoms with Crippen LogP contribution in [0.25, 0.3) is 43.4 Å². The predicted octanol–water partition coefficient (Wildman–Crippen LogP) is 6.93. The number of rotatable bonds is 0. The molecule has 0 saturated heterocycles. The smallest absolute Gasteiger partial charge is 0.0471 e. The Morgan fingerprint density at radius 3 is 2.00 bits per heavy atom. The molecule has 0 saturated carbocycles. The van der Waals surface area contributed by atoms with E-state index in [-0.39, 0.29) is 5.41 Å². The van der Waals surface area contributed by atoms with Crippen molar-refractivity contribution in [2.45, 2.75) is 26.2 Å². The molecule has 5 rings (SSSR count). The number of hydrogen-bond donors (Lipinski definition) is 1. The molecule has 1 N–H and O–H groups in total. The molecule has 1 heteroatoms. The molecule has 0 atom stereocenters. The van der Waals surface area contributed by atoms with Crippen LogP contribution < -0.4 is 0 Å². The predicted molar refractivity (Wildman–Crippen MR) is 110 cm³/mol. The van der Waals surface area contributed by atoms with Gasteiger partial charge in [0, 0.05) is 21.8 Å². The molecule has 1 heterocycles. The molecule has 25 heavy (non-hydrogen) atoms. The third-order valence-corrected chi connectivity index (χ3v) is 5.33. The van der Waals surface area contributed by atoms with Gasteiger partial charge in [0.1, 0.15) is 0 Å². The first kappa shape index (κ1) is 14.5. The van der Waals surface area contributed by atoms with Crippen molar-refractivity contribution in [1.82, 2.24) is 4.98 Å². The molecule has 4 aromatic carbocycles. The molecule has 0 radical (unpaired) electrons. The minimum Gasteiger partial charge on any atom is -0.354 e. The summed E-state index contributed by atoms with van der Waals surface area (Å²) in [5.41, 5.74) is 3.96. The highest BCUT2D eigenvalue weighted by Gasteiger charge is 2.16. The summed E-state index contributed by atoms with van der Waals surface area (Å²) >= 11 is 0. The van der Waals surface area contributed by atoms with Gasteiger partial charge in [-0.25, -0.2) is 0 Å². The van der Waals surface area contributed by atoms with Crippen LogP contribution in [0.2, 0.25) is 0 Å². The van der Waals surface area contributed by atoms with Gasteiger partial charge in [-0.3, -0.25) is 0 Å². The van der Waals surface area contributed by atoms with Crippen LogP contribution in [0.15, 0.2) is 66.7 Å². The van der Waals surface area contributed by atoms with Crippen LogP contribution in [0, 0.1) is 0 Å². The highest BCUT2D eigenvalue weighted by Crippen LogP contribution is 2.37. The zero-order chi connectivity index (χ0) is 17.2.